The number of pyridine rings is 2. The van der Waals surface area contributed by atoms with E-state index < -0.39 is 23.1 Å². The predicted molar refractivity (Wildman–Crippen MR) is 114 cm³/mol. The third kappa shape index (κ3) is 2.49. The van der Waals surface area contributed by atoms with Gasteiger partial charge in [0.05, 0.1) is 29.0 Å². The molecule has 0 amide bonds. The first-order valence-corrected chi connectivity index (χ1v) is 10.9. The van der Waals surface area contributed by atoms with Crippen LogP contribution in [0.5, 0.6) is 5.75 Å². The first-order valence-electron chi connectivity index (χ1n) is 10.9. The van der Waals surface area contributed by atoms with Crippen LogP contribution in [-0.2, 0) is 41.1 Å². The van der Waals surface area contributed by atoms with Crippen LogP contribution in [-0.4, -0.2) is 37.4 Å². The van der Waals surface area contributed by atoms with Crippen LogP contribution in [0.4, 0.5) is 4.39 Å². The molecule has 1 unspecified atom stereocenters. The van der Waals surface area contributed by atoms with Gasteiger partial charge in [0.1, 0.15) is 6.61 Å². The number of hydrogen-bond donors (Lipinski definition) is 3. The zero-order valence-electron chi connectivity index (χ0n) is 17.8. The van der Waals surface area contributed by atoms with Gasteiger partial charge in [-0.05, 0) is 36.8 Å². The molecule has 33 heavy (non-hydrogen) atoms. The number of aromatic hydroxyl groups is 1. The normalized spacial score (nSPS) is 22.7. The van der Waals surface area contributed by atoms with E-state index in [1.54, 1.807) is 13.0 Å². The molecule has 3 aromatic rings. The number of carbonyl (C=O) groups excluding carboxylic acids is 1. The van der Waals surface area contributed by atoms with Gasteiger partial charge in [-0.3, -0.25) is 4.79 Å². The molecule has 0 radical (unpaired) electrons. The quantitative estimate of drug-likeness (QED) is 0.395. The van der Waals surface area contributed by atoms with E-state index >= 15 is 0 Å². The summed E-state index contributed by atoms with van der Waals surface area (Å²) in [5.41, 5.74) is 1.42. The topological polar surface area (TPSA) is 122 Å². The van der Waals surface area contributed by atoms with Crippen molar-refractivity contribution in [1.82, 2.24) is 9.55 Å². The van der Waals surface area contributed by atoms with Crippen molar-refractivity contribution in [3.05, 3.63) is 56.1 Å². The number of nitrogens with zero attached hydrogens (tertiary/aromatic N) is 2. The van der Waals surface area contributed by atoms with Crippen LogP contribution >= 0.6 is 0 Å². The lowest BCUT2D eigenvalue weighted by molar-refractivity contribution is -0.172. The van der Waals surface area contributed by atoms with Gasteiger partial charge < -0.3 is 24.6 Å². The molecule has 0 bridgehead atoms. The maximum absolute atomic E-state index is 14.5. The van der Waals surface area contributed by atoms with Gasteiger partial charge in [-0.1, -0.05) is 6.92 Å². The largest absolute Gasteiger partial charge is 0.505 e. The summed E-state index contributed by atoms with van der Waals surface area (Å²) in [7, 11) is 0. The second-order valence-electron chi connectivity index (χ2n) is 9.06. The standard InChI is InChI=1S/C24H21FN2O6/c1-2-24(32)15-5-18-20-13(7-27(18)22(30)14(15)9-33-23(24)31)11-3-10(8-28)4-12-19(11)17(26-20)6-16(25)21(12)29/h5-6,10,28-29,32H,2-4,7-9H2,1H3/t10?,24-/m0/s1. The Morgan fingerprint density at radius 2 is 1.97 bits per heavy atom. The van der Waals surface area contributed by atoms with E-state index in [9.17, 15) is 29.3 Å². The molecule has 0 saturated carbocycles. The van der Waals surface area contributed by atoms with Gasteiger partial charge in [0.2, 0.25) is 0 Å². The van der Waals surface area contributed by atoms with Crippen LogP contribution in [0.2, 0.25) is 0 Å². The van der Waals surface area contributed by atoms with Crippen LogP contribution in [0.1, 0.15) is 41.2 Å². The van der Waals surface area contributed by atoms with Crippen molar-refractivity contribution in [1.29, 1.82) is 0 Å². The zero-order valence-corrected chi connectivity index (χ0v) is 17.8. The molecule has 4 heterocycles. The molecule has 8 nitrogen and oxygen atoms in total. The average Bonchev–Trinajstić information content (AvgIpc) is 3.19. The summed E-state index contributed by atoms with van der Waals surface area (Å²) in [6.45, 7) is 1.50. The van der Waals surface area contributed by atoms with Gasteiger partial charge in [-0.2, -0.15) is 0 Å². The van der Waals surface area contributed by atoms with Crippen LogP contribution in [0, 0.1) is 11.7 Å². The number of hydrogen-bond acceptors (Lipinski definition) is 7. The fourth-order valence-electron chi connectivity index (χ4n) is 5.58. The number of halogens is 1. The Kier molecular flexibility index (Phi) is 4.07. The van der Waals surface area contributed by atoms with E-state index in [4.69, 9.17) is 4.74 Å². The van der Waals surface area contributed by atoms with Gasteiger partial charge >= 0.3 is 5.97 Å². The number of carbonyl (C=O) groups is 1. The molecule has 6 rings (SSSR count). The number of phenols is 1. The Balaban J connectivity index is 1.67. The predicted octanol–water partition coefficient (Wildman–Crippen LogP) is 1.63. The van der Waals surface area contributed by atoms with Crippen molar-refractivity contribution < 1.29 is 29.2 Å². The molecule has 2 aromatic heterocycles. The lowest BCUT2D eigenvalue weighted by Gasteiger charge is -2.31. The number of phenolic OH excluding ortho intramolecular Hbond substituents is 1. The van der Waals surface area contributed by atoms with Gasteiger partial charge in [-0.15, -0.1) is 0 Å². The summed E-state index contributed by atoms with van der Waals surface area (Å²) in [5, 5.41) is 31.9. The molecule has 9 heteroatoms. The Hall–Kier alpha value is -3.30. The van der Waals surface area contributed by atoms with Crippen molar-refractivity contribution in [2.75, 3.05) is 6.61 Å². The fraction of sp³-hybridized carbons (Fsp3) is 0.375. The van der Waals surface area contributed by atoms with Crippen LogP contribution < -0.4 is 5.56 Å². The molecule has 2 atom stereocenters. The summed E-state index contributed by atoms with van der Waals surface area (Å²) in [6, 6.07) is 2.79. The molecule has 0 spiro atoms. The van der Waals surface area contributed by atoms with Gasteiger partial charge in [0, 0.05) is 34.7 Å². The fourth-order valence-corrected chi connectivity index (χ4v) is 5.58. The van der Waals surface area contributed by atoms with E-state index in [1.807, 2.05) is 0 Å². The minimum Gasteiger partial charge on any atom is -0.505 e. The third-order valence-corrected chi connectivity index (χ3v) is 7.36. The maximum Gasteiger partial charge on any atom is 0.343 e. The summed E-state index contributed by atoms with van der Waals surface area (Å²) >= 11 is 0. The highest BCUT2D eigenvalue weighted by Crippen LogP contribution is 2.45. The lowest BCUT2D eigenvalue weighted by Crippen LogP contribution is -2.44. The second kappa shape index (κ2) is 6.61. The molecular formula is C24H21FN2O6. The molecular weight excluding hydrogens is 431 g/mol. The number of aliphatic hydroxyl groups excluding tert-OH is 1. The number of aromatic nitrogens is 2. The molecule has 2 aliphatic heterocycles. The van der Waals surface area contributed by atoms with Crippen LogP contribution in [0.25, 0.3) is 22.3 Å². The number of ether oxygens (including phenoxy) is 1. The molecule has 1 aliphatic carbocycles. The van der Waals surface area contributed by atoms with Gasteiger partial charge in [0.25, 0.3) is 5.56 Å². The monoisotopic (exact) mass is 452 g/mol. The molecule has 170 valence electrons. The summed E-state index contributed by atoms with van der Waals surface area (Å²) in [5.74, 6) is -2.23. The van der Waals surface area contributed by atoms with Crippen molar-refractivity contribution in [3.63, 3.8) is 0 Å². The Morgan fingerprint density at radius 3 is 2.70 bits per heavy atom. The first-order chi connectivity index (χ1) is 15.8. The molecule has 3 aliphatic rings. The number of fused-ring (bicyclic) bond motifs is 5. The average molecular weight is 452 g/mol. The van der Waals surface area contributed by atoms with E-state index in [0.717, 1.165) is 11.1 Å². The first kappa shape index (κ1) is 20.3. The smallest absolute Gasteiger partial charge is 0.343 e. The lowest BCUT2D eigenvalue weighted by atomic mass is 9.80. The van der Waals surface area contributed by atoms with Gasteiger partial charge in [-0.25, -0.2) is 14.2 Å². The SMILES string of the molecule is CC[C@@]1(O)C(=O)OCc2c1cc1n(c2=O)Cc2c-1nc1cc(F)c(O)c3c1c2CC(CO)C3. The number of benzene rings is 1. The second-order valence-corrected chi connectivity index (χ2v) is 9.06. The minimum absolute atomic E-state index is 0.0387. The van der Waals surface area contributed by atoms with E-state index in [1.165, 1.54) is 10.6 Å². The van der Waals surface area contributed by atoms with E-state index in [0.29, 0.717) is 40.7 Å². The van der Waals surface area contributed by atoms with Crippen molar-refractivity contribution >= 4 is 16.9 Å². The van der Waals surface area contributed by atoms with Gasteiger partial charge in [0.15, 0.2) is 17.2 Å². The maximum atomic E-state index is 14.5. The number of cyclic esters (lactones) is 1. The zero-order chi connectivity index (χ0) is 23.2. The minimum atomic E-state index is -1.93. The molecule has 0 fully saturated rings. The summed E-state index contributed by atoms with van der Waals surface area (Å²) in [4.78, 5) is 30.4. The third-order valence-electron chi connectivity index (χ3n) is 7.36. The highest BCUT2D eigenvalue weighted by molar-refractivity contribution is 5.93. The summed E-state index contributed by atoms with van der Waals surface area (Å²) in [6.07, 6.45) is 0.865. The number of rotatable bonds is 2. The van der Waals surface area contributed by atoms with E-state index in [-0.39, 0.29) is 48.8 Å². The Morgan fingerprint density at radius 1 is 1.21 bits per heavy atom. The molecule has 3 N–H and O–H groups in total. The Bertz CT molecular complexity index is 1460. The number of esters is 1. The number of aliphatic hydroxyl groups is 2. The van der Waals surface area contributed by atoms with Crippen molar-refractivity contribution in [3.8, 4) is 17.1 Å². The highest BCUT2D eigenvalue weighted by atomic mass is 19.1. The van der Waals surface area contributed by atoms with Crippen LogP contribution in [0.3, 0.4) is 0 Å². The van der Waals surface area contributed by atoms with Crippen molar-refractivity contribution in [2.24, 2.45) is 5.92 Å². The molecule has 0 saturated heterocycles. The van der Waals surface area contributed by atoms with Crippen molar-refractivity contribution in [2.45, 2.75) is 44.9 Å². The van der Waals surface area contributed by atoms with E-state index in [2.05, 4.69) is 4.98 Å². The highest BCUT2D eigenvalue weighted by Gasteiger charge is 2.45. The summed E-state index contributed by atoms with van der Waals surface area (Å²) < 4.78 is 21.1. The van der Waals surface area contributed by atoms with Crippen LogP contribution in [0.15, 0.2) is 16.9 Å². The molecule has 1 aromatic carbocycles. The Labute approximate surface area is 186 Å².